The number of likely N-dealkylation sites (tertiary alicyclic amines) is 1. The Labute approximate surface area is 218 Å². The van der Waals surface area contributed by atoms with E-state index in [4.69, 9.17) is 28.9 Å². The van der Waals surface area contributed by atoms with Gasteiger partial charge in [0.1, 0.15) is 6.54 Å². The number of amides is 2. The fraction of sp³-hybridized carbons (Fsp3) is 0.464. The first kappa shape index (κ1) is 27.2. The number of hydrogen-bond acceptors (Lipinski definition) is 3. The molecule has 0 spiro atoms. The monoisotopic (exact) mass is 514 g/mol. The van der Waals surface area contributed by atoms with Gasteiger partial charge in [0.05, 0.1) is 24.4 Å². The van der Waals surface area contributed by atoms with Crippen LogP contribution in [0.15, 0.2) is 48.5 Å². The van der Waals surface area contributed by atoms with Crippen LogP contribution in [0, 0.1) is 17.2 Å². The number of hydrogen-bond donors (Lipinski definition) is 1. The number of benzene rings is 2. The molecular formula is C28H34Cl2N3O2+. The normalized spacial score (nSPS) is 21.4. The third-order valence-electron chi connectivity index (χ3n) is 7.60. The minimum atomic E-state index is -0.603. The number of halogens is 2. The van der Waals surface area contributed by atoms with Crippen LogP contribution in [0.25, 0.3) is 0 Å². The smallest absolute Gasteiger partial charge is 0.314 e. The molecule has 1 saturated heterocycles. The van der Waals surface area contributed by atoms with E-state index in [1.807, 2.05) is 30.3 Å². The molecule has 2 amide bonds. The number of nitrogens with two attached hydrogens (primary N) is 1. The fourth-order valence-corrected chi connectivity index (χ4v) is 5.93. The van der Waals surface area contributed by atoms with Gasteiger partial charge in [-0.1, -0.05) is 73.8 Å². The molecule has 186 valence electrons. The number of rotatable bonds is 10. The van der Waals surface area contributed by atoms with Gasteiger partial charge >= 0.3 is 5.91 Å². The van der Waals surface area contributed by atoms with Gasteiger partial charge in [-0.15, -0.1) is 0 Å². The highest BCUT2D eigenvalue weighted by atomic mass is 35.5. The highest BCUT2D eigenvalue weighted by molar-refractivity contribution is 6.33. The van der Waals surface area contributed by atoms with E-state index in [2.05, 4.69) is 19.9 Å². The molecule has 1 unspecified atom stereocenters. The van der Waals surface area contributed by atoms with Crippen molar-refractivity contribution < 1.29 is 14.1 Å². The van der Waals surface area contributed by atoms with Gasteiger partial charge in [-0.2, -0.15) is 5.26 Å². The number of nitriles is 1. The van der Waals surface area contributed by atoms with Crippen molar-refractivity contribution in [3.8, 4) is 6.07 Å². The zero-order chi connectivity index (χ0) is 25.6. The van der Waals surface area contributed by atoms with E-state index in [0.29, 0.717) is 48.8 Å². The average Bonchev–Trinajstić information content (AvgIpc) is 3.27. The number of nitrogens with zero attached hydrogens (tertiary/aromatic N) is 2. The topological polar surface area (TPSA) is 83.9 Å². The lowest BCUT2D eigenvalue weighted by molar-refractivity contribution is -0.871. The first-order chi connectivity index (χ1) is 16.7. The summed E-state index contributed by atoms with van der Waals surface area (Å²) in [6.07, 6.45) is 3.67. The van der Waals surface area contributed by atoms with Crippen LogP contribution in [0.4, 0.5) is 0 Å². The van der Waals surface area contributed by atoms with Crippen LogP contribution in [0.3, 0.4) is 0 Å². The van der Waals surface area contributed by atoms with Crippen LogP contribution >= 0.6 is 23.2 Å². The van der Waals surface area contributed by atoms with Gasteiger partial charge in [0, 0.05) is 28.5 Å². The van der Waals surface area contributed by atoms with E-state index < -0.39 is 17.4 Å². The van der Waals surface area contributed by atoms with Gasteiger partial charge in [0.2, 0.25) is 0 Å². The molecule has 1 fully saturated rings. The Morgan fingerprint density at radius 1 is 1.17 bits per heavy atom. The number of primary amides is 1. The van der Waals surface area contributed by atoms with Gasteiger partial charge in [0.15, 0.2) is 6.04 Å². The number of carbonyl (C=O) groups is 2. The van der Waals surface area contributed by atoms with Crippen molar-refractivity contribution in [1.29, 1.82) is 5.26 Å². The Balaban J connectivity index is 1.77. The first-order valence-corrected chi connectivity index (χ1v) is 13.0. The summed E-state index contributed by atoms with van der Waals surface area (Å²) in [7, 11) is 0. The van der Waals surface area contributed by atoms with E-state index in [9.17, 15) is 14.9 Å². The van der Waals surface area contributed by atoms with Crippen LogP contribution in [0.1, 0.15) is 63.5 Å². The van der Waals surface area contributed by atoms with E-state index in [-0.39, 0.29) is 16.3 Å². The molecular weight excluding hydrogens is 481 g/mol. The minimum absolute atomic E-state index is 0.00541. The molecule has 2 aromatic carbocycles. The number of carbonyl (C=O) groups excluding carboxylic acids is 2. The lowest BCUT2D eigenvalue weighted by Gasteiger charge is -2.36. The van der Waals surface area contributed by atoms with Gasteiger partial charge in [0.25, 0.3) is 5.91 Å². The summed E-state index contributed by atoms with van der Waals surface area (Å²) in [4.78, 5) is 26.1. The maximum absolute atomic E-state index is 13.7. The zero-order valence-corrected chi connectivity index (χ0v) is 22.0. The highest BCUT2D eigenvalue weighted by Gasteiger charge is 2.50. The molecule has 2 aromatic rings. The van der Waals surface area contributed by atoms with E-state index in [0.717, 1.165) is 24.0 Å². The van der Waals surface area contributed by atoms with Crippen molar-refractivity contribution in [1.82, 2.24) is 0 Å². The largest absolute Gasteiger partial charge is 0.364 e. The Bertz CT molecular complexity index is 1100. The molecule has 0 saturated carbocycles. The molecule has 35 heavy (non-hydrogen) atoms. The summed E-state index contributed by atoms with van der Waals surface area (Å²) < 4.78 is -0.0122. The molecule has 3 rings (SSSR count). The van der Waals surface area contributed by atoms with Crippen molar-refractivity contribution >= 4 is 35.0 Å². The van der Waals surface area contributed by atoms with E-state index in [1.165, 1.54) is 0 Å². The van der Waals surface area contributed by atoms with Crippen LogP contribution in [0.5, 0.6) is 0 Å². The van der Waals surface area contributed by atoms with E-state index >= 15 is 0 Å². The Morgan fingerprint density at radius 2 is 1.89 bits per heavy atom. The lowest BCUT2D eigenvalue weighted by atomic mass is 9.69. The van der Waals surface area contributed by atoms with Gasteiger partial charge in [-0.3, -0.25) is 4.79 Å². The van der Waals surface area contributed by atoms with E-state index in [1.54, 1.807) is 18.2 Å². The summed E-state index contributed by atoms with van der Waals surface area (Å²) in [5.74, 6) is -0.331. The summed E-state index contributed by atoms with van der Waals surface area (Å²) in [6, 6.07) is 17.1. The van der Waals surface area contributed by atoms with Crippen LogP contribution < -0.4 is 5.73 Å². The molecule has 0 radical (unpaired) electrons. The van der Waals surface area contributed by atoms with Gasteiger partial charge in [-0.05, 0) is 42.5 Å². The maximum atomic E-state index is 13.7. The molecule has 0 aliphatic carbocycles. The Kier molecular flexibility index (Phi) is 8.99. The molecule has 1 heterocycles. The summed E-state index contributed by atoms with van der Waals surface area (Å²) >= 11 is 12.6. The second-order valence-corrected chi connectivity index (χ2v) is 10.8. The standard InChI is InChI=1S/C28H33Cl2N3O2/c1-20(2)28(19-31,22-9-4-3-5-10-22)15-7-6-12-26(34)33(16-8-11-25(33)27(32)35)18-21-17-23(29)13-14-24(21)30/h3-5,9-10,13-14,17,20,25H,6-8,11-12,15-16,18H2,1-2H3,(H-,32,35)/p+1/t25?,28-,33+/m0/s1. The molecule has 0 bridgehead atoms. The summed E-state index contributed by atoms with van der Waals surface area (Å²) in [6.45, 7) is 4.98. The van der Waals surface area contributed by atoms with Crippen LogP contribution in [-0.2, 0) is 21.5 Å². The Morgan fingerprint density at radius 3 is 2.51 bits per heavy atom. The second kappa shape index (κ2) is 11.6. The molecule has 5 nitrogen and oxygen atoms in total. The summed E-state index contributed by atoms with van der Waals surface area (Å²) in [5, 5.41) is 11.2. The van der Waals surface area contributed by atoms with Crippen LogP contribution in [-0.4, -0.2) is 28.9 Å². The number of unbranched alkanes of at least 4 members (excludes halogenated alkanes) is 1. The van der Waals surface area contributed by atoms with Crippen molar-refractivity contribution in [3.63, 3.8) is 0 Å². The minimum Gasteiger partial charge on any atom is -0.364 e. The summed E-state index contributed by atoms with van der Waals surface area (Å²) in [5.41, 5.74) is 6.91. The SMILES string of the molecule is CC(C)[C@@](C#N)(CCCCC(=O)[N@@+]1(Cc2cc(Cl)ccc2Cl)CCCC1C(N)=O)c1ccccc1. The van der Waals surface area contributed by atoms with Crippen molar-refractivity contribution in [3.05, 3.63) is 69.7 Å². The third-order valence-corrected chi connectivity index (χ3v) is 8.21. The molecule has 1 aliphatic rings. The van der Waals surface area contributed by atoms with Crippen molar-refractivity contribution in [2.75, 3.05) is 6.54 Å². The van der Waals surface area contributed by atoms with Gasteiger partial charge < -0.3 is 5.73 Å². The molecule has 7 heteroatoms. The van der Waals surface area contributed by atoms with Gasteiger partial charge in [-0.25, -0.2) is 9.28 Å². The zero-order valence-electron chi connectivity index (χ0n) is 20.5. The predicted octanol–water partition coefficient (Wildman–Crippen LogP) is 6.16. The predicted molar refractivity (Wildman–Crippen MR) is 140 cm³/mol. The molecule has 2 N–H and O–H groups in total. The molecule has 0 aromatic heterocycles. The third kappa shape index (κ3) is 5.72. The Hall–Kier alpha value is -2.39. The average molecular weight is 516 g/mol. The highest BCUT2D eigenvalue weighted by Crippen LogP contribution is 2.38. The number of quaternary nitrogens is 1. The quantitative estimate of drug-likeness (QED) is 0.304. The molecule has 1 aliphatic heterocycles. The van der Waals surface area contributed by atoms with Crippen LogP contribution in [0.2, 0.25) is 10.0 Å². The van der Waals surface area contributed by atoms with Crippen molar-refractivity contribution in [2.45, 2.75) is 70.4 Å². The maximum Gasteiger partial charge on any atom is 0.314 e. The molecule has 3 atom stereocenters. The first-order valence-electron chi connectivity index (χ1n) is 12.3. The lowest BCUT2D eigenvalue weighted by Crippen LogP contribution is -2.59. The van der Waals surface area contributed by atoms with Crippen molar-refractivity contribution in [2.24, 2.45) is 11.7 Å². The fourth-order valence-electron chi connectivity index (χ4n) is 5.55. The second-order valence-electron chi connectivity index (χ2n) is 9.92.